The monoisotopic (exact) mass is 442 g/mol. The molecule has 0 saturated carbocycles. The van der Waals surface area contributed by atoms with E-state index in [0.29, 0.717) is 5.56 Å². The van der Waals surface area contributed by atoms with Crippen molar-refractivity contribution in [2.75, 3.05) is 13.1 Å². The van der Waals surface area contributed by atoms with E-state index in [1.54, 1.807) is 30.3 Å². The molecule has 2 aromatic rings. The Morgan fingerprint density at radius 1 is 0.833 bits per heavy atom. The van der Waals surface area contributed by atoms with Gasteiger partial charge in [0, 0.05) is 13.1 Å². The summed E-state index contributed by atoms with van der Waals surface area (Å²) in [6.07, 6.45) is -16.4. The summed E-state index contributed by atoms with van der Waals surface area (Å²) in [5.41, 5.74) is -7.28. The normalized spacial score (nSPS) is 21.2. The first-order chi connectivity index (χ1) is 13.7. The Bertz CT molecular complexity index is 855. The van der Waals surface area contributed by atoms with Crippen molar-refractivity contribution in [3.63, 3.8) is 0 Å². The van der Waals surface area contributed by atoms with Gasteiger partial charge in [0.2, 0.25) is 0 Å². The molecule has 2 nitrogen and oxygen atoms in total. The maximum absolute atomic E-state index is 14.1. The molecule has 11 heteroatoms. The number of likely N-dealkylation sites (tertiary alicyclic amines) is 1. The number of hydrogen-bond donors (Lipinski definition) is 0. The molecule has 0 N–H and O–H groups in total. The lowest BCUT2D eigenvalue weighted by molar-refractivity contribution is -0.188. The zero-order chi connectivity index (χ0) is 22.4. The second kappa shape index (κ2) is 7.44. The zero-order valence-corrected chi connectivity index (χ0v) is 15.2. The molecule has 1 atom stereocenters. The van der Waals surface area contributed by atoms with E-state index in [1.807, 2.05) is 0 Å². The summed E-state index contributed by atoms with van der Waals surface area (Å²) in [5, 5.41) is 0. The van der Waals surface area contributed by atoms with Crippen LogP contribution in [0.25, 0.3) is 0 Å². The summed E-state index contributed by atoms with van der Waals surface area (Å²) >= 11 is 0. The molecule has 164 valence electrons. The Labute approximate surface area is 165 Å². The maximum Gasteiger partial charge on any atom is 0.433 e. The Balaban J connectivity index is 2.07. The maximum atomic E-state index is 14.1. The smallest absolute Gasteiger partial charge is 0.298 e. The van der Waals surface area contributed by atoms with E-state index in [-0.39, 0.29) is 25.2 Å². The fourth-order valence-electron chi connectivity index (χ4n) is 3.59. The molecule has 1 fully saturated rings. The van der Waals surface area contributed by atoms with Crippen LogP contribution < -0.4 is 0 Å². The highest BCUT2D eigenvalue weighted by atomic mass is 19.4. The minimum atomic E-state index is -5.33. The zero-order valence-electron chi connectivity index (χ0n) is 15.2. The molecule has 0 aliphatic carbocycles. The van der Waals surface area contributed by atoms with Crippen molar-refractivity contribution in [1.82, 2.24) is 9.88 Å². The van der Waals surface area contributed by atoms with Gasteiger partial charge in [0.15, 0.2) is 0 Å². The highest BCUT2D eigenvalue weighted by Gasteiger charge is 2.59. The van der Waals surface area contributed by atoms with Crippen LogP contribution >= 0.6 is 0 Å². The third-order valence-electron chi connectivity index (χ3n) is 5.10. The van der Waals surface area contributed by atoms with Gasteiger partial charge in [-0.3, -0.25) is 4.90 Å². The van der Waals surface area contributed by atoms with Gasteiger partial charge < -0.3 is 0 Å². The summed E-state index contributed by atoms with van der Waals surface area (Å²) < 4.78 is 121. The van der Waals surface area contributed by atoms with Gasteiger partial charge in [-0.25, -0.2) is 4.98 Å². The number of benzene rings is 1. The Morgan fingerprint density at radius 3 is 1.83 bits per heavy atom. The summed E-state index contributed by atoms with van der Waals surface area (Å²) in [6, 6.07) is 8.56. The first kappa shape index (κ1) is 22.4. The molecule has 3 rings (SSSR count). The van der Waals surface area contributed by atoms with Gasteiger partial charge in [0.25, 0.3) is 0 Å². The summed E-state index contributed by atoms with van der Waals surface area (Å²) in [6.45, 7) is -0.814. The van der Waals surface area contributed by atoms with Crippen LogP contribution in [0.3, 0.4) is 0 Å². The number of nitrogens with zero attached hydrogens (tertiary/aromatic N) is 2. The predicted octanol–water partition coefficient (Wildman–Crippen LogP) is 5.83. The third kappa shape index (κ3) is 4.40. The summed E-state index contributed by atoms with van der Waals surface area (Å²) in [4.78, 5) is 3.88. The number of halogens is 9. The Morgan fingerprint density at radius 2 is 1.37 bits per heavy atom. The molecule has 1 saturated heterocycles. The molecule has 1 aliphatic rings. The van der Waals surface area contributed by atoms with E-state index in [9.17, 15) is 39.5 Å². The lowest BCUT2D eigenvalue weighted by Crippen LogP contribution is -2.45. The fourth-order valence-corrected chi connectivity index (χ4v) is 3.59. The topological polar surface area (TPSA) is 16.1 Å². The standard InChI is InChI=1S/C19H15F9N2/c20-17(21,22)14-8-13(9-15(29-14)18(23,24)25)16(19(26,27)28)6-7-30(11-16)10-12-4-2-1-3-5-12/h1-5,8-9H,6-7,10-11H2. The molecule has 30 heavy (non-hydrogen) atoms. The number of rotatable bonds is 3. The quantitative estimate of drug-likeness (QED) is 0.557. The lowest BCUT2D eigenvalue weighted by Gasteiger charge is -2.33. The highest BCUT2D eigenvalue weighted by molar-refractivity contribution is 5.35. The third-order valence-corrected chi connectivity index (χ3v) is 5.10. The molecule has 1 unspecified atom stereocenters. The minimum absolute atomic E-state index is 0.0781. The number of aromatic nitrogens is 1. The number of pyridine rings is 1. The summed E-state index contributed by atoms with van der Waals surface area (Å²) in [7, 11) is 0. The Kier molecular flexibility index (Phi) is 5.55. The van der Waals surface area contributed by atoms with Crippen molar-refractivity contribution in [3.8, 4) is 0 Å². The van der Waals surface area contributed by atoms with Crippen LogP contribution in [-0.2, 0) is 24.3 Å². The van der Waals surface area contributed by atoms with E-state index in [4.69, 9.17) is 0 Å². The summed E-state index contributed by atoms with van der Waals surface area (Å²) in [5.74, 6) is 0. The molecule has 0 amide bonds. The van der Waals surface area contributed by atoms with Gasteiger partial charge >= 0.3 is 18.5 Å². The number of alkyl halides is 9. The lowest BCUT2D eigenvalue weighted by atomic mass is 9.78. The molecule has 0 bridgehead atoms. The van der Waals surface area contributed by atoms with Crippen molar-refractivity contribution in [2.45, 2.75) is 36.9 Å². The van der Waals surface area contributed by atoms with E-state index >= 15 is 0 Å². The second-order valence-electron chi connectivity index (χ2n) is 7.15. The van der Waals surface area contributed by atoms with Gasteiger partial charge in [0.1, 0.15) is 16.8 Å². The van der Waals surface area contributed by atoms with Crippen molar-refractivity contribution in [2.24, 2.45) is 0 Å². The molecular weight excluding hydrogens is 427 g/mol. The average Bonchev–Trinajstić information content (AvgIpc) is 3.06. The van der Waals surface area contributed by atoms with Crippen molar-refractivity contribution < 1.29 is 39.5 Å². The van der Waals surface area contributed by atoms with E-state index in [1.165, 1.54) is 4.90 Å². The van der Waals surface area contributed by atoms with E-state index in [2.05, 4.69) is 4.98 Å². The first-order valence-corrected chi connectivity index (χ1v) is 8.72. The van der Waals surface area contributed by atoms with Gasteiger partial charge in [-0.2, -0.15) is 39.5 Å². The van der Waals surface area contributed by atoms with E-state index < -0.39 is 53.9 Å². The highest BCUT2D eigenvalue weighted by Crippen LogP contribution is 2.49. The van der Waals surface area contributed by atoms with Crippen LogP contribution in [0, 0.1) is 0 Å². The van der Waals surface area contributed by atoms with Gasteiger partial charge in [0.05, 0.1) is 0 Å². The van der Waals surface area contributed by atoms with Crippen LogP contribution in [0.2, 0.25) is 0 Å². The van der Waals surface area contributed by atoms with Crippen LogP contribution in [0.5, 0.6) is 0 Å². The van der Waals surface area contributed by atoms with Crippen molar-refractivity contribution in [1.29, 1.82) is 0 Å². The van der Waals surface area contributed by atoms with Crippen LogP contribution in [0.15, 0.2) is 42.5 Å². The van der Waals surface area contributed by atoms with Crippen LogP contribution in [0.1, 0.15) is 28.9 Å². The first-order valence-electron chi connectivity index (χ1n) is 8.72. The van der Waals surface area contributed by atoms with Crippen LogP contribution in [0.4, 0.5) is 39.5 Å². The SMILES string of the molecule is FC(F)(F)c1cc(C2(C(F)(F)F)CCN(Cc3ccccc3)C2)cc(C(F)(F)F)n1. The number of hydrogen-bond acceptors (Lipinski definition) is 2. The molecular formula is C19H15F9N2. The van der Waals surface area contributed by atoms with Gasteiger partial charge in [-0.15, -0.1) is 0 Å². The van der Waals surface area contributed by atoms with Gasteiger partial charge in [-0.1, -0.05) is 30.3 Å². The molecule has 0 spiro atoms. The average molecular weight is 442 g/mol. The second-order valence-corrected chi connectivity index (χ2v) is 7.15. The van der Waals surface area contributed by atoms with Crippen molar-refractivity contribution in [3.05, 3.63) is 65.0 Å². The van der Waals surface area contributed by atoms with E-state index in [0.717, 1.165) is 0 Å². The molecule has 2 heterocycles. The molecule has 1 aromatic heterocycles. The van der Waals surface area contributed by atoms with Gasteiger partial charge in [-0.05, 0) is 36.2 Å². The predicted molar refractivity (Wildman–Crippen MR) is 88.3 cm³/mol. The molecule has 0 radical (unpaired) electrons. The van der Waals surface area contributed by atoms with Crippen molar-refractivity contribution >= 4 is 0 Å². The Hall–Kier alpha value is -2.30. The molecule has 1 aromatic carbocycles. The fraction of sp³-hybridized carbons (Fsp3) is 0.421. The van der Waals surface area contributed by atoms with Crippen LogP contribution in [-0.4, -0.2) is 29.1 Å². The molecule has 1 aliphatic heterocycles. The minimum Gasteiger partial charge on any atom is -0.298 e. The largest absolute Gasteiger partial charge is 0.433 e.